The Labute approximate surface area is 103 Å². The average Bonchev–Trinajstić information content (AvgIpc) is 2.87. The molecular weight excluding hydrogens is 238 g/mol. The van der Waals surface area contributed by atoms with Crippen LogP contribution in [0.4, 0.5) is 0 Å². The predicted molar refractivity (Wildman–Crippen MR) is 69.0 cm³/mol. The zero-order valence-corrected chi connectivity index (χ0v) is 11.1. The summed E-state index contributed by atoms with van der Waals surface area (Å²) in [4.78, 5) is 2.34. The Morgan fingerprint density at radius 2 is 2.25 bits per heavy atom. The van der Waals surface area contributed by atoms with Gasteiger partial charge in [-0.15, -0.1) is 16.4 Å². The van der Waals surface area contributed by atoms with Gasteiger partial charge in [0, 0.05) is 4.88 Å². The first-order valence-corrected chi connectivity index (χ1v) is 7.00. The first kappa shape index (κ1) is 11.7. The van der Waals surface area contributed by atoms with E-state index < -0.39 is 0 Å². The van der Waals surface area contributed by atoms with Crippen LogP contribution in [0.15, 0.2) is 11.4 Å². The Morgan fingerprint density at radius 3 is 2.88 bits per heavy atom. The fourth-order valence-electron chi connectivity index (χ4n) is 1.68. The highest BCUT2D eigenvalue weighted by Gasteiger charge is 2.19. The highest BCUT2D eigenvalue weighted by atomic mass is 32.1. The normalized spacial score (nSPS) is 12.9. The molecule has 1 atom stereocenters. The molecule has 0 spiro atoms. The van der Waals surface area contributed by atoms with Crippen molar-refractivity contribution in [3.63, 3.8) is 0 Å². The molecule has 0 amide bonds. The van der Waals surface area contributed by atoms with Crippen molar-refractivity contribution in [3.8, 4) is 0 Å². The van der Waals surface area contributed by atoms with Crippen LogP contribution in [0.3, 0.4) is 0 Å². The summed E-state index contributed by atoms with van der Waals surface area (Å²) in [7, 11) is 0. The Hall–Kier alpha value is -0.780. The second-order valence-electron chi connectivity index (χ2n) is 3.78. The molecule has 0 aliphatic heterocycles. The fraction of sp³-hybridized carbons (Fsp3) is 0.455. The first-order valence-electron chi connectivity index (χ1n) is 5.34. The summed E-state index contributed by atoms with van der Waals surface area (Å²) in [6.07, 6.45) is 2.04. The third-order valence-corrected chi connectivity index (χ3v) is 4.49. The lowest BCUT2D eigenvalue weighted by molar-refractivity contribution is 0.819. The molecule has 2 aromatic heterocycles. The van der Waals surface area contributed by atoms with Crippen molar-refractivity contribution in [3.05, 3.63) is 32.5 Å². The monoisotopic (exact) mass is 253 g/mol. The Balaban J connectivity index is 2.30. The smallest absolute Gasteiger partial charge is 0.0807 e. The van der Waals surface area contributed by atoms with Crippen molar-refractivity contribution in [1.82, 2.24) is 9.59 Å². The molecule has 3 nitrogen and oxygen atoms in total. The molecule has 0 bridgehead atoms. The zero-order valence-electron chi connectivity index (χ0n) is 9.43. The van der Waals surface area contributed by atoms with Crippen molar-refractivity contribution in [1.29, 1.82) is 0 Å². The van der Waals surface area contributed by atoms with Gasteiger partial charge in [-0.3, -0.25) is 0 Å². The lowest BCUT2D eigenvalue weighted by Gasteiger charge is -2.09. The summed E-state index contributed by atoms with van der Waals surface area (Å²) in [6.45, 7) is 4.24. The number of aryl methyl sites for hydroxylation is 2. The Bertz CT molecular complexity index is 461. The van der Waals surface area contributed by atoms with E-state index in [2.05, 4.69) is 34.9 Å². The van der Waals surface area contributed by atoms with Gasteiger partial charge in [0.1, 0.15) is 0 Å². The second kappa shape index (κ2) is 5.03. The van der Waals surface area contributed by atoms with Gasteiger partial charge in [-0.05, 0) is 41.9 Å². The van der Waals surface area contributed by atoms with Crippen LogP contribution in [0.5, 0.6) is 0 Å². The van der Waals surface area contributed by atoms with Gasteiger partial charge in [-0.25, -0.2) is 0 Å². The maximum absolute atomic E-state index is 6.28. The molecule has 16 heavy (non-hydrogen) atoms. The lowest BCUT2D eigenvalue weighted by atomic mass is 10.1. The zero-order chi connectivity index (χ0) is 11.5. The number of rotatable bonds is 4. The maximum Gasteiger partial charge on any atom is 0.0807 e. The number of hydrogen-bond donors (Lipinski definition) is 1. The summed E-state index contributed by atoms with van der Waals surface area (Å²) in [5.41, 5.74) is 8.60. The van der Waals surface area contributed by atoms with Gasteiger partial charge in [-0.1, -0.05) is 17.8 Å². The lowest BCUT2D eigenvalue weighted by Crippen LogP contribution is -2.11. The van der Waals surface area contributed by atoms with Crippen LogP contribution in [-0.2, 0) is 6.42 Å². The van der Waals surface area contributed by atoms with E-state index in [4.69, 9.17) is 5.73 Å². The summed E-state index contributed by atoms with van der Waals surface area (Å²) >= 11 is 3.13. The molecule has 2 aromatic rings. The number of nitrogens with zero attached hydrogens (tertiary/aromatic N) is 2. The second-order valence-corrected chi connectivity index (χ2v) is 5.51. The maximum atomic E-state index is 6.28. The van der Waals surface area contributed by atoms with Crippen LogP contribution in [0.2, 0.25) is 0 Å². The van der Waals surface area contributed by atoms with Crippen LogP contribution < -0.4 is 5.73 Å². The molecule has 0 aliphatic carbocycles. The van der Waals surface area contributed by atoms with Gasteiger partial charge in [0.05, 0.1) is 16.6 Å². The fourth-order valence-corrected chi connectivity index (χ4v) is 3.40. The molecule has 2 heterocycles. The van der Waals surface area contributed by atoms with E-state index in [9.17, 15) is 0 Å². The molecule has 0 radical (unpaired) electrons. The van der Waals surface area contributed by atoms with Crippen LogP contribution in [0.1, 0.15) is 40.4 Å². The largest absolute Gasteiger partial charge is 0.319 e. The van der Waals surface area contributed by atoms with E-state index in [1.807, 2.05) is 0 Å². The van der Waals surface area contributed by atoms with Crippen LogP contribution in [-0.4, -0.2) is 9.59 Å². The summed E-state index contributed by atoms with van der Waals surface area (Å²) < 4.78 is 4.02. The third kappa shape index (κ3) is 2.16. The standard InChI is InChI=1S/C11H15N3S2/c1-3-4-8-11(16-14-13-8)9(12)10-7(2)5-6-15-10/h5-6,9H,3-4,12H2,1-2H3. The minimum Gasteiger partial charge on any atom is -0.319 e. The highest BCUT2D eigenvalue weighted by Crippen LogP contribution is 2.30. The van der Waals surface area contributed by atoms with Gasteiger partial charge < -0.3 is 5.73 Å². The van der Waals surface area contributed by atoms with E-state index in [1.165, 1.54) is 22.0 Å². The SMILES string of the molecule is CCCc1nnsc1C(N)c1sccc1C. The number of hydrogen-bond acceptors (Lipinski definition) is 5. The first-order chi connectivity index (χ1) is 7.74. The van der Waals surface area contributed by atoms with Crippen molar-refractivity contribution in [2.45, 2.75) is 32.7 Å². The third-order valence-electron chi connectivity index (χ3n) is 2.54. The van der Waals surface area contributed by atoms with E-state index in [0.717, 1.165) is 23.4 Å². The van der Waals surface area contributed by atoms with Crippen LogP contribution in [0, 0.1) is 6.92 Å². The predicted octanol–water partition coefficient (Wildman–Crippen LogP) is 2.91. The molecule has 86 valence electrons. The van der Waals surface area contributed by atoms with Crippen LogP contribution >= 0.6 is 22.9 Å². The van der Waals surface area contributed by atoms with E-state index in [0.29, 0.717) is 0 Å². The number of thiophene rings is 1. The van der Waals surface area contributed by atoms with Crippen LogP contribution in [0.25, 0.3) is 0 Å². The minimum absolute atomic E-state index is 0.0541. The summed E-state index contributed by atoms with van der Waals surface area (Å²) in [5, 5.41) is 6.24. The minimum atomic E-state index is -0.0541. The van der Waals surface area contributed by atoms with Crippen molar-refractivity contribution < 1.29 is 0 Å². The van der Waals surface area contributed by atoms with Crippen molar-refractivity contribution >= 4 is 22.9 Å². The molecule has 0 saturated heterocycles. The van der Waals surface area contributed by atoms with E-state index >= 15 is 0 Å². The molecule has 0 aromatic carbocycles. The number of nitrogens with two attached hydrogens (primary N) is 1. The summed E-state index contributed by atoms with van der Waals surface area (Å²) in [5.74, 6) is 0. The summed E-state index contributed by atoms with van der Waals surface area (Å²) in [6, 6.07) is 2.05. The van der Waals surface area contributed by atoms with Gasteiger partial charge in [0.25, 0.3) is 0 Å². The van der Waals surface area contributed by atoms with Gasteiger partial charge >= 0.3 is 0 Å². The molecule has 0 fully saturated rings. The van der Waals surface area contributed by atoms with E-state index in [-0.39, 0.29) is 6.04 Å². The van der Waals surface area contributed by atoms with Crippen molar-refractivity contribution in [2.75, 3.05) is 0 Å². The highest BCUT2D eigenvalue weighted by molar-refractivity contribution is 7.10. The molecule has 5 heteroatoms. The quantitative estimate of drug-likeness (QED) is 0.911. The van der Waals surface area contributed by atoms with Gasteiger partial charge in [-0.2, -0.15) is 0 Å². The number of aromatic nitrogens is 2. The average molecular weight is 253 g/mol. The van der Waals surface area contributed by atoms with E-state index in [1.54, 1.807) is 11.3 Å². The van der Waals surface area contributed by atoms with Gasteiger partial charge in [0.15, 0.2) is 0 Å². The van der Waals surface area contributed by atoms with Crippen molar-refractivity contribution in [2.24, 2.45) is 5.73 Å². The molecule has 1 unspecified atom stereocenters. The Kier molecular flexibility index (Phi) is 3.68. The molecule has 0 saturated carbocycles. The molecule has 2 N–H and O–H groups in total. The molecule has 0 aliphatic rings. The van der Waals surface area contributed by atoms with Gasteiger partial charge in [0.2, 0.25) is 0 Å². The molecule has 2 rings (SSSR count). The Morgan fingerprint density at radius 1 is 1.44 bits per heavy atom. The molecular formula is C11H15N3S2. The topological polar surface area (TPSA) is 51.8 Å².